The molecule has 1 aromatic carbocycles. The molecule has 3 nitrogen and oxygen atoms in total. The Kier molecular flexibility index (Phi) is 3.36. The van der Waals surface area contributed by atoms with Gasteiger partial charge in [0.2, 0.25) is 10.0 Å². The summed E-state index contributed by atoms with van der Waals surface area (Å²) in [6, 6.07) is 5.49. The molecule has 2 aliphatic rings. The normalized spacial score (nSPS) is 20.9. The van der Waals surface area contributed by atoms with Crippen molar-refractivity contribution < 1.29 is 8.42 Å². The van der Waals surface area contributed by atoms with Gasteiger partial charge in [0.05, 0.1) is 4.90 Å². The van der Waals surface area contributed by atoms with Gasteiger partial charge in [-0.05, 0) is 61.8 Å². The molecule has 0 amide bonds. The van der Waals surface area contributed by atoms with Crippen LogP contribution in [-0.4, -0.2) is 19.8 Å². The fourth-order valence-electron chi connectivity index (χ4n) is 2.93. The van der Waals surface area contributed by atoms with Crippen LogP contribution in [0.3, 0.4) is 0 Å². The molecule has 104 valence electrons. The highest BCUT2D eigenvalue weighted by Crippen LogP contribution is 2.35. The molecule has 0 unspecified atom stereocenters. The number of rotatable bonds is 4. The number of hydrogen-bond acceptors (Lipinski definition) is 2. The zero-order chi connectivity index (χ0) is 13.5. The number of nitrogens with one attached hydrogen (secondary N) is 1. The summed E-state index contributed by atoms with van der Waals surface area (Å²) in [5.41, 5.74) is 2.05. The van der Waals surface area contributed by atoms with Gasteiger partial charge in [-0.15, -0.1) is 11.6 Å². The summed E-state index contributed by atoms with van der Waals surface area (Å²) in [6.07, 6.45) is 5.88. The van der Waals surface area contributed by atoms with Gasteiger partial charge in [-0.1, -0.05) is 6.07 Å². The molecule has 19 heavy (non-hydrogen) atoms. The van der Waals surface area contributed by atoms with E-state index in [1.807, 2.05) is 12.1 Å². The number of aryl methyl sites for hydroxylation is 2. The molecule has 0 bridgehead atoms. The summed E-state index contributed by atoms with van der Waals surface area (Å²) in [5, 5.41) is 0. The first-order chi connectivity index (χ1) is 9.05. The van der Waals surface area contributed by atoms with Crippen molar-refractivity contribution in [2.45, 2.75) is 49.0 Å². The largest absolute Gasteiger partial charge is 0.241 e. The molecule has 0 radical (unpaired) electrons. The molecule has 0 atom stereocenters. The van der Waals surface area contributed by atoms with Crippen molar-refractivity contribution in [3.63, 3.8) is 0 Å². The molecule has 0 aromatic heterocycles. The van der Waals surface area contributed by atoms with Crippen molar-refractivity contribution in [1.82, 2.24) is 4.72 Å². The van der Waals surface area contributed by atoms with Crippen molar-refractivity contribution >= 4 is 21.6 Å². The van der Waals surface area contributed by atoms with Gasteiger partial charge in [0.1, 0.15) is 0 Å². The lowest BCUT2D eigenvalue weighted by atomic mass is 9.79. The predicted octanol–water partition coefficient (Wildman–Crippen LogP) is 2.62. The maximum absolute atomic E-state index is 12.4. The lowest BCUT2D eigenvalue weighted by Crippen LogP contribution is -2.54. The minimum atomic E-state index is -3.45. The van der Waals surface area contributed by atoms with E-state index in [2.05, 4.69) is 4.72 Å². The fraction of sp³-hybridized carbons (Fsp3) is 0.571. The lowest BCUT2D eigenvalue weighted by molar-refractivity contribution is 0.252. The van der Waals surface area contributed by atoms with Crippen LogP contribution in [-0.2, 0) is 22.9 Å². The van der Waals surface area contributed by atoms with Crippen LogP contribution in [0.2, 0.25) is 0 Å². The Morgan fingerprint density at radius 1 is 1.16 bits per heavy atom. The first-order valence-electron chi connectivity index (χ1n) is 6.76. The van der Waals surface area contributed by atoms with Gasteiger partial charge in [-0.2, -0.15) is 0 Å². The Hall–Kier alpha value is -0.580. The van der Waals surface area contributed by atoms with Crippen LogP contribution in [0.15, 0.2) is 23.1 Å². The highest BCUT2D eigenvalue weighted by atomic mass is 35.5. The van der Waals surface area contributed by atoms with E-state index in [0.29, 0.717) is 10.8 Å². The molecule has 3 rings (SSSR count). The van der Waals surface area contributed by atoms with Crippen LogP contribution in [0.4, 0.5) is 0 Å². The highest BCUT2D eigenvalue weighted by molar-refractivity contribution is 7.89. The van der Waals surface area contributed by atoms with Crippen molar-refractivity contribution in [2.24, 2.45) is 0 Å². The lowest BCUT2D eigenvalue weighted by Gasteiger charge is -2.40. The van der Waals surface area contributed by atoms with E-state index in [0.717, 1.165) is 38.5 Å². The second kappa shape index (κ2) is 4.76. The molecule has 1 fully saturated rings. The van der Waals surface area contributed by atoms with Crippen LogP contribution in [0.5, 0.6) is 0 Å². The Bertz CT molecular complexity index is 588. The molecule has 0 spiro atoms. The molecule has 2 aliphatic carbocycles. The van der Waals surface area contributed by atoms with Gasteiger partial charge in [-0.3, -0.25) is 0 Å². The molecule has 5 heteroatoms. The summed E-state index contributed by atoms with van der Waals surface area (Å²) in [6.45, 7) is 0. The van der Waals surface area contributed by atoms with Crippen LogP contribution in [0.25, 0.3) is 0 Å². The summed E-state index contributed by atoms with van der Waals surface area (Å²) in [5.74, 6) is 0.344. The smallest absolute Gasteiger partial charge is 0.207 e. The maximum Gasteiger partial charge on any atom is 0.241 e. The first kappa shape index (κ1) is 13.4. The van der Waals surface area contributed by atoms with Crippen molar-refractivity contribution in [3.05, 3.63) is 29.3 Å². The Morgan fingerprint density at radius 2 is 1.89 bits per heavy atom. The number of sulfonamides is 1. The van der Waals surface area contributed by atoms with E-state index in [1.54, 1.807) is 6.07 Å². The van der Waals surface area contributed by atoms with Gasteiger partial charge in [0, 0.05) is 11.4 Å². The van der Waals surface area contributed by atoms with E-state index in [1.165, 1.54) is 11.1 Å². The Balaban J connectivity index is 1.88. The van der Waals surface area contributed by atoms with Gasteiger partial charge < -0.3 is 0 Å². The minimum absolute atomic E-state index is 0.344. The number of hydrogen-bond donors (Lipinski definition) is 1. The number of benzene rings is 1. The Labute approximate surface area is 119 Å². The molecule has 0 saturated heterocycles. The van der Waals surface area contributed by atoms with E-state index in [4.69, 9.17) is 11.6 Å². The van der Waals surface area contributed by atoms with Crippen molar-refractivity contribution in [2.75, 3.05) is 5.88 Å². The molecule has 1 saturated carbocycles. The molecular formula is C14H18ClNO2S. The average molecular weight is 300 g/mol. The summed E-state index contributed by atoms with van der Waals surface area (Å²) < 4.78 is 27.7. The van der Waals surface area contributed by atoms with Crippen molar-refractivity contribution in [1.29, 1.82) is 0 Å². The monoisotopic (exact) mass is 299 g/mol. The maximum atomic E-state index is 12.4. The second-order valence-electron chi connectivity index (χ2n) is 5.66. The number of alkyl halides is 1. The third kappa shape index (κ3) is 2.41. The molecule has 1 N–H and O–H groups in total. The SMILES string of the molecule is O=S(=O)(NC1(CCl)CCC1)c1ccc2c(c1)CCC2. The van der Waals surface area contributed by atoms with Gasteiger partial charge >= 0.3 is 0 Å². The van der Waals surface area contributed by atoms with Gasteiger partial charge in [0.15, 0.2) is 0 Å². The predicted molar refractivity (Wildman–Crippen MR) is 76.1 cm³/mol. The standard InChI is InChI=1S/C14H18ClNO2S/c15-10-14(7-2-8-14)16-19(17,18)13-6-5-11-3-1-4-12(11)9-13/h5-6,9,16H,1-4,7-8,10H2. The van der Waals surface area contributed by atoms with E-state index >= 15 is 0 Å². The third-order valence-electron chi connectivity index (χ3n) is 4.30. The number of fused-ring (bicyclic) bond motifs is 1. The number of halogens is 1. The van der Waals surface area contributed by atoms with Crippen LogP contribution in [0, 0.1) is 0 Å². The van der Waals surface area contributed by atoms with Crippen LogP contribution >= 0.6 is 11.6 Å². The molecular weight excluding hydrogens is 282 g/mol. The summed E-state index contributed by atoms with van der Waals surface area (Å²) in [4.78, 5) is 0.379. The fourth-order valence-corrected chi connectivity index (χ4v) is 4.85. The molecule has 0 aliphatic heterocycles. The van der Waals surface area contributed by atoms with E-state index < -0.39 is 15.6 Å². The van der Waals surface area contributed by atoms with Gasteiger partial charge in [0.25, 0.3) is 0 Å². The quantitative estimate of drug-likeness (QED) is 0.869. The third-order valence-corrected chi connectivity index (χ3v) is 6.39. The van der Waals surface area contributed by atoms with E-state index in [-0.39, 0.29) is 0 Å². The van der Waals surface area contributed by atoms with Crippen LogP contribution < -0.4 is 4.72 Å². The molecule has 0 heterocycles. The van der Waals surface area contributed by atoms with Gasteiger partial charge in [-0.25, -0.2) is 13.1 Å². The zero-order valence-electron chi connectivity index (χ0n) is 10.8. The minimum Gasteiger partial charge on any atom is -0.207 e. The summed E-state index contributed by atoms with van der Waals surface area (Å²) in [7, 11) is -3.45. The van der Waals surface area contributed by atoms with Crippen molar-refractivity contribution in [3.8, 4) is 0 Å². The van der Waals surface area contributed by atoms with E-state index in [9.17, 15) is 8.42 Å². The molecule has 1 aromatic rings. The zero-order valence-corrected chi connectivity index (χ0v) is 12.4. The average Bonchev–Trinajstić information content (AvgIpc) is 2.81. The first-order valence-corrected chi connectivity index (χ1v) is 8.78. The summed E-state index contributed by atoms with van der Waals surface area (Å²) >= 11 is 5.92. The highest BCUT2D eigenvalue weighted by Gasteiger charge is 2.40. The Morgan fingerprint density at radius 3 is 2.53 bits per heavy atom. The van der Waals surface area contributed by atoms with Crippen LogP contribution in [0.1, 0.15) is 36.8 Å². The topological polar surface area (TPSA) is 46.2 Å². The second-order valence-corrected chi connectivity index (χ2v) is 7.61.